The van der Waals surface area contributed by atoms with Crippen molar-refractivity contribution in [1.29, 1.82) is 5.26 Å². The molecule has 0 spiro atoms. The molecule has 1 N–H and O–H groups in total. The summed E-state index contributed by atoms with van der Waals surface area (Å²) in [4.78, 5) is 4.30. The fraction of sp³-hybridized carbons (Fsp3) is 0.250. The third kappa shape index (κ3) is 3.85. The van der Waals surface area contributed by atoms with Crippen LogP contribution in [0.2, 0.25) is 0 Å². The van der Waals surface area contributed by atoms with Crippen molar-refractivity contribution in [3.8, 4) is 28.6 Å². The SMILES string of the molecule is CC(C)Cc1cc(-c2n[nH]c(C(F)(F)F)c2C#N)ncc1-c1ccccc1. The second-order valence-electron chi connectivity index (χ2n) is 6.62. The highest BCUT2D eigenvalue weighted by atomic mass is 19.4. The van der Waals surface area contributed by atoms with Crippen LogP contribution >= 0.6 is 0 Å². The van der Waals surface area contributed by atoms with Crippen molar-refractivity contribution in [1.82, 2.24) is 15.2 Å². The molecule has 3 aromatic rings. The lowest BCUT2D eigenvalue weighted by Crippen LogP contribution is -2.07. The maximum absolute atomic E-state index is 13.1. The van der Waals surface area contributed by atoms with Crippen molar-refractivity contribution in [2.45, 2.75) is 26.4 Å². The van der Waals surface area contributed by atoms with Gasteiger partial charge in [0.15, 0.2) is 5.69 Å². The number of rotatable bonds is 4. The van der Waals surface area contributed by atoms with Gasteiger partial charge in [-0.05, 0) is 29.5 Å². The number of aromatic nitrogens is 3. The zero-order valence-corrected chi connectivity index (χ0v) is 14.8. The molecule has 2 aromatic heterocycles. The molecule has 0 saturated carbocycles. The summed E-state index contributed by atoms with van der Waals surface area (Å²) in [6, 6.07) is 13.0. The van der Waals surface area contributed by atoms with E-state index in [1.807, 2.05) is 35.4 Å². The van der Waals surface area contributed by atoms with Gasteiger partial charge in [0.25, 0.3) is 0 Å². The number of nitrogens with one attached hydrogen (secondary N) is 1. The molecule has 0 aliphatic rings. The van der Waals surface area contributed by atoms with Crippen LogP contribution in [0.1, 0.15) is 30.7 Å². The van der Waals surface area contributed by atoms with Gasteiger partial charge in [-0.1, -0.05) is 44.2 Å². The third-order valence-corrected chi connectivity index (χ3v) is 4.11. The maximum atomic E-state index is 13.1. The smallest absolute Gasteiger partial charge is 0.272 e. The molecule has 0 aliphatic heterocycles. The number of hydrogen-bond acceptors (Lipinski definition) is 3. The van der Waals surface area contributed by atoms with Crippen LogP contribution < -0.4 is 0 Å². The van der Waals surface area contributed by atoms with Crippen LogP contribution in [0, 0.1) is 17.2 Å². The minimum absolute atomic E-state index is 0.0885. The lowest BCUT2D eigenvalue weighted by atomic mass is 9.94. The zero-order valence-electron chi connectivity index (χ0n) is 14.8. The van der Waals surface area contributed by atoms with Crippen LogP contribution in [0.25, 0.3) is 22.5 Å². The van der Waals surface area contributed by atoms with Gasteiger partial charge >= 0.3 is 6.18 Å². The van der Waals surface area contributed by atoms with Crippen LogP contribution in [0.3, 0.4) is 0 Å². The molecule has 0 saturated heterocycles. The predicted molar refractivity (Wildman–Crippen MR) is 95.5 cm³/mol. The summed E-state index contributed by atoms with van der Waals surface area (Å²) in [7, 11) is 0. The minimum Gasteiger partial charge on any atom is -0.272 e. The van der Waals surface area contributed by atoms with Crippen molar-refractivity contribution in [2.75, 3.05) is 0 Å². The van der Waals surface area contributed by atoms with Gasteiger partial charge in [-0.15, -0.1) is 0 Å². The second kappa shape index (κ2) is 7.23. The Morgan fingerprint density at radius 3 is 2.48 bits per heavy atom. The van der Waals surface area contributed by atoms with Crippen molar-refractivity contribution in [2.24, 2.45) is 5.92 Å². The lowest BCUT2D eigenvalue weighted by Gasteiger charge is -2.13. The van der Waals surface area contributed by atoms with Gasteiger partial charge in [0.2, 0.25) is 0 Å². The van der Waals surface area contributed by atoms with Gasteiger partial charge in [-0.2, -0.15) is 23.5 Å². The molecule has 2 heterocycles. The Hall–Kier alpha value is -3.14. The maximum Gasteiger partial charge on any atom is 0.434 e. The summed E-state index contributed by atoms with van der Waals surface area (Å²) >= 11 is 0. The monoisotopic (exact) mass is 370 g/mol. The predicted octanol–water partition coefficient (Wildman–Crippen LogP) is 5.23. The van der Waals surface area contributed by atoms with Crippen molar-refractivity contribution < 1.29 is 13.2 Å². The first-order chi connectivity index (χ1) is 12.8. The lowest BCUT2D eigenvalue weighted by molar-refractivity contribution is -0.141. The van der Waals surface area contributed by atoms with Gasteiger partial charge < -0.3 is 0 Å². The average Bonchev–Trinajstić information content (AvgIpc) is 3.06. The Balaban J connectivity index is 2.14. The molecule has 0 atom stereocenters. The van der Waals surface area contributed by atoms with Crippen molar-refractivity contribution >= 4 is 0 Å². The third-order valence-electron chi connectivity index (χ3n) is 4.11. The number of alkyl halides is 3. The number of benzene rings is 1. The summed E-state index contributed by atoms with van der Waals surface area (Å²) in [5.74, 6) is 0.336. The molecule has 0 bridgehead atoms. The Bertz CT molecular complexity index is 983. The molecule has 7 heteroatoms. The van der Waals surface area contributed by atoms with Crippen LogP contribution in [0.5, 0.6) is 0 Å². The number of pyridine rings is 1. The van der Waals surface area contributed by atoms with E-state index in [2.05, 4.69) is 23.9 Å². The molecule has 138 valence electrons. The molecule has 27 heavy (non-hydrogen) atoms. The molecule has 0 amide bonds. The number of aromatic amines is 1. The number of H-pyrrole nitrogens is 1. The van der Waals surface area contributed by atoms with Crippen molar-refractivity contribution in [3.05, 3.63) is 59.4 Å². The van der Waals surface area contributed by atoms with E-state index in [-0.39, 0.29) is 11.4 Å². The minimum atomic E-state index is -4.68. The van der Waals surface area contributed by atoms with E-state index >= 15 is 0 Å². The summed E-state index contributed by atoms with van der Waals surface area (Å²) in [5, 5.41) is 14.9. The van der Waals surface area contributed by atoms with Crippen LogP contribution in [-0.4, -0.2) is 15.2 Å². The van der Waals surface area contributed by atoms with E-state index in [1.54, 1.807) is 18.3 Å². The number of nitrogens with zero attached hydrogens (tertiary/aromatic N) is 3. The number of halogens is 3. The first-order valence-electron chi connectivity index (χ1n) is 8.41. The topological polar surface area (TPSA) is 65.4 Å². The average molecular weight is 370 g/mol. The first-order valence-corrected chi connectivity index (χ1v) is 8.41. The van der Waals surface area contributed by atoms with E-state index in [9.17, 15) is 18.4 Å². The largest absolute Gasteiger partial charge is 0.434 e. The Kier molecular flexibility index (Phi) is 5.00. The van der Waals surface area contributed by atoms with E-state index < -0.39 is 17.4 Å². The normalized spacial score (nSPS) is 11.6. The highest BCUT2D eigenvalue weighted by Crippen LogP contribution is 2.35. The molecule has 0 fully saturated rings. The van der Waals surface area contributed by atoms with Gasteiger partial charge in [0, 0.05) is 11.8 Å². The van der Waals surface area contributed by atoms with E-state index in [4.69, 9.17) is 0 Å². The van der Waals surface area contributed by atoms with Crippen LogP contribution in [-0.2, 0) is 12.6 Å². The highest BCUT2D eigenvalue weighted by molar-refractivity contribution is 5.72. The zero-order chi connectivity index (χ0) is 19.6. The molecular weight excluding hydrogens is 353 g/mol. The fourth-order valence-electron chi connectivity index (χ4n) is 2.95. The van der Waals surface area contributed by atoms with Gasteiger partial charge in [-0.25, -0.2) is 0 Å². The molecule has 0 unspecified atom stereocenters. The summed E-state index contributed by atoms with van der Waals surface area (Å²) in [6.45, 7) is 4.12. The molecule has 4 nitrogen and oxygen atoms in total. The van der Waals surface area contributed by atoms with E-state index in [0.717, 1.165) is 23.1 Å². The number of hydrogen-bond donors (Lipinski definition) is 1. The van der Waals surface area contributed by atoms with Gasteiger partial charge in [0.05, 0.1) is 5.69 Å². The summed E-state index contributed by atoms with van der Waals surface area (Å²) in [6.07, 6.45) is -2.33. The second-order valence-corrected chi connectivity index (χ2v) is 6.62. The molecule has 0 aliphatic carbocycles. The molecule has 1 aromatic carbocycles. The van der Waals surface area contributed by atoms with Gasteiger partial charge in [-0.3, -0.25) is 10.1 Å². The summed E-state index contributed by atoms with van der Waals surface area (Å²) in [5.41, 5.74) is 1.30. The quantitative estimate of drug-likeness (QED) is 0.684. The molecule has 3 rings (SSSR count). The standard InChI is InChI=1S/C20H17F3N4/c1-12(2)8-14-9-17(25-11-16(14)13-6-4-3-5-7-13)18-15(10-24)19(27-26-18)20(21,22)23/h3-7,9,11-12H,8H2,1-2H3,(H,26,27). The fourth-order valence-corrected chi connectivity index (χ4v) is 2.95. The van der Waals surface area contributed by atoms with Crippen LogP contribution in [0.4, 0.5) is 13.2 Å². The van der Waals surface area contributed by atoms with Crippen LogP contribution in [0.15, 0.2) is 42.6 Å². The van der Waals surface area contributed by atoms with Crippen molar-refractivity contribution in [3.63, 3.8) is 0 Å². The first kappa shape index (κ1) is 18.6. The highest BCUT2D eigenvalue weighted by Gasteiger charge is 2.38. The van der Waals surface area contributed by atoms with E-state index in [1.165, 1.54) is 0 Å². The number of nitriles is 1. The molecule has 0 radical (unpaired) electrons. The van der Waals surface area contributed by atoms with E-state index in [0.29, 0.717) is 5.92 Å². The molecular formula is C20H17F3N4. The van der Waals surface area contributed by atoms with Gasteiger partial charge in [0.1, 0.15) is 17.3 Å². The Morgan fingerprint density at radius 2 is 1.89 bits per heavy atom. The Labute approximate surface area is 154 Å². The Morgan fingerprint density at radius 1 is 1.19 bits per heavy atom. The summed E-state index contributed by atoms with van der Waals surface area (Å²) < 4.78 is 39.2.